The van der Waals surface area contributed by atoms with Crippen LogP contribution in [0.25, 0.3) is 0 Å². The first-order valence-corrected chi connectivity index (χ1v) is 4.16. The van der Waals surface area contributed by atoms with E-state index in [1.807, 2.05) is 6.07 Å². The Morgan fingerprint density at radius 3 is 2.54 bits per heavy atom. The Bertz CT molecular complexity index is 304. The first-order chi connectivity index (χ1) is 6.26. The number of nitrogens with zero attached hydrogens (tertiary/aromatic N) is 1. The van der Waals surface area contributed by atoms with Crippen molar-refractivity contribution in [3.63, 3.8) is 0 Å². The number of nitrogens with one attached hydrogen (secondary N) is 1. The Kier molecular flexibility index (Phi) is 3.56. The highest BCUT2D eigenvalue weighted by atomic mass is 35.5. The van der Waals surface area contributed by atoms with Crippen molar-refractivity contribution < 1.29 is 5.11 Å². The predicted octanol–water partition coefficient (Wildman–Crippen LogP) is 1.64. The minimum Gasteiger partial charge on any atom is -0.393 e. The minimum atomic E-state index is -0.568. The maximum atomic E-state index is 8.73. The number of nitriles is 1. The van der Waals surface area contributed by atoms with Crippen LogP contribution < -0.4 is 5.32 Å². The number of anilines is 1. The zero-order chi connectivity index (χ0) is 9.68. The molecule has 1 atom stereocenters. The third-order valence-electron chi connectivity index (χ3n) is 1.52. The van der Waals surface area contributed by atoms with Crippen molar-refractivity contribution in [3.8, 4) is 6.07 Å². The molecule has 0 fully saturated rings. The van der Waals surface area contributed by atoms with E-state index in [4.69, 9.17) is 22.0 Å². The zero-order valence-electron chi connectivity index (χ0n) is 6.87. The smallest absolute Gasteiger partial charge is 0.137 e. The Balaban J connectivity index is 2.64. The molecule has 0 aliphatic carbocycles. The van der Waals surface area contributed by atoms with Gasteiger partial charge in [0.2, 0.25) is 0 Å². The molecule has 68 valence electrons. The lowest BCUT2D eigenvalue weighted by atomic mass is 10.3. The average molecular weight is 197 g/mol. The Morgan fingerprint density at radius 1 is 1.46 bits per heavy atom. The molecule has 3 nitrogen and oxygen atoms in total. The van der Waals surface area contributed by atoms with Crippen molar-refractivity contribution in [1.29, 1.82) is 5.26 Å². The lowest BCUT2D eigenvalue weighted by Crippen LogP contribution is -2.21. The average Bonchev–Trinajstić information content (AvgIpc) is 2.17. The van der Waals surface area contributed by atoms with E-state index in [2.05, 4.69) is 5.32 Å². The summed E-state index contributed by atoms with van der Waals surface area (Å²) in [6.45, 7) is -0.209. The van der Waals surface area contributed by atoms with Gasteiger partial charge in [0.1, 0.15) is 6.04 Å². The van der Waals surface area contributed by atoms with Gasteiger partial charge in [0.05, 0.1) is 12.7 Å². The molecular formula is C9H9ClN2O. The van der Waals surface area contributed by atoms with Gasteiger partial charge in [-0.1, -0.05) is 11.6 Å². The summed E-state index contributed by atoms with van der Waals surface area (Å²) < 4.78 is 0. The van der Waals surface area contributed by atoms with Gasteiger partial charge in [-0.05, 0) is 24.3 Å². The second-order valence-corrected chi connectivity index (χ2v) is 2.95. The van der Waals surface area contributed by atoms with Crippen molar-refractivity contribution in [3.05, 3.63) is 29.3 Å². The van der Waals surface area contributed by atoms with E-state index in [-0.39, 0.29) is 6.61 Å². The minimum absolute atomic E-state index is 0.209. The topological polar surface area (TPSA) is 56.0 Å². The van der Waals surface area contributed by atoms with Crippen molar-refractivity contribution in [2.75, 3.05) is 11.9 Å². The third-order valence-corrected chi connectivity index (χ3v) is 1.78. The normalized spacial score (nSPS) is 11.8. The highest BCUT2D eigenvalue weighted by Crippen LogP contribution is 2.13. The second-order valence-electron chi connectivity index (χ2n) is 2.52. The van der Waals surface area contributed by atoms with Gasteiger partial charge in [-0.2, -0.15) is 5.26 Å². The van der Waals surface area contributed by atoms with Crippen molar-refractivity contribution in [1.82, 2.24) is 0 Å². The van der Waals surface area contributed by atoms with E-state index in [0.717, 1.165) is 5.69 Å². The third kappa shape index (κ3) is 2.94. The van der Waals surface area contributed by atoms with Crippen molar-refractivity contribution in [2.24, 2.45) is 0 Å². The lowest BCUT2D eigenvalue weighted by molar-refractivity contribution is 0.293. The van der Waals surface area contributed by atoms with Crippen LogP contribution in [0.5, 0.6) is 0 Å². The van der Waals surface area contributed by atoms with Crippen LogP contribution in [0.15, 0.2) is 24.3 Å². The van der Waals surface area contributed by atoms with Gasteiger partial charge >= 0.3 is 0 Å². The Morgan fingerprint density at radius 2 is 2.08 bits per heavy atom. The molecule has 13 heavy (non-hydrogen) atoms. The number of hydrogen-bond acceptors (Lipinski definition) is 3. The van der Waals surface area contributed by atoms with Gasteiger partial charge in [-0.25, -0.2) is 0 Å². The number of hydrogen-bond donors (Lipinski definition) is 2. The molecule has 1 aromatic rings. The van der Waals surface area contributed by atoms with Crippen molar-refractivity contribution >= 4 is 17.3 Å². The summed E-state index contributed by atoms with van der Waals surface area (Å²) >= 11 is 5.67. The van der Waals surface area contributed by atoms with Gasteiger partial charge in [-0.15, -0.1) is 0 Å². The van der Waals surface area contributed by atoms with Crippen LogP contribution in [0.4, 0.5) is 5.69 Å². The van der Waals surface area contributed by atoms with Crippen LogP contribution in [0.3, 0.4) is 0 Å². The van der Waals surface area contributed by atoms with E-state index in [0.29, 0.717) is 5.02 Å². The fraction of sp³-hybridized carbons (Fsp3) is 0.222. The Labute approximate surface area is 81.6 Å². The molecule has 1 rings (SSSR count). The second kappa shape index (κ2) is 4.70. The molecule has 2 N–H and O–H groups in total. The first kappa shape index (κ1) is 9.85. The number of aliphatic hydroxyl groups is 1. The maximum absolute atomic E-state index is 8.73. The summed E-state index contributed by atoms with van der Waals surface area (Å²) in [6.07, 6.45) is 0. The van der Waals surface area contributed by atoms with E-state index in [9.17, 15) is 0 Å². The van der Waals surface area contributed by atoms with E-state index >= 15 is 0 Å². The van der Waals surface area contributed by atoms with Crippen LogP contribution >= 0.6 is 11.6 Å². The summed E-state index contributed by atoms with van der Waals surface area (Å²) in [5, 5.41) is 20.8. The molecule has 4 heteroatoms. The number of aliphatic hydroxyl groups excluding tert-OH is 1. The highest BCUT2D eigenvalue weighted by Gasteiger charge is 2.03. The quantitative estimate of drug-likeness (QED) is 0.773. The van der Waals surface area contributed by atoms with Gasteiger partial charge in [0.25, 0.3) is 0 Å². The molecule has 0 aliphatic rings. The monoisotopic (exact) mass is 196 g/mol. The first-order valence-electron chi connectivity index (χ1n) is 3.79. The fourth-order valence-corrected chi connectivity index (χ4v) is 0.992. The molecule has 0 saturated heterocycles. The summed E-state index contributed by atoms with van der Waals surface area (Å²) in [4.78, 5) is 0. The number of benzene rings is 1. The van der Waals surface area contributed by atoms with Crippen LogP contribution in [0.2, 0.25) is 5.02 Å². The molecular weight excluding hydrogens is 188 g/mol. The van der Waals surface area contributed by atoms with Crippen LogP contribution in [-0.2, 0) is 0 Å². The SMILES string of the molecule is N#CC(CO)Nc1ccc(Cl)cc1. The Hall–Kier alpha value is -1.24. The summed E-state index contributed by atoms with van der Waals surface area (Å²) in [5.41, 5.74) is 0.769. The molecule has 0 amide bonds. The van der Waals surface area contributed by atoms with Crippen LogP contribution in [-0.4, -0.2) is 17.8 Å². The lowest BCUT2D eigenvalue weighted by Gasteiger charge is -2.09. The summed E-state index contributed by atoms with van der Waals surface area (Å²) in [6, 6.07) is 8.29. The largest absolute Gasteiger partial charge is 0.393 e. The number of rotatable bonds is 3. The maximum Gasteiger partial charge on any atom is 0.137 e. The zero-order valence-corrected chi connectivity index (χ0v) is 7.62. The molecule has 0 radical (unpaired) electrons. The standard InChI is InChI=1S/C9H9ClN2O/c10-7-1-3-8(4-2-7)12-9(5-11)6-13/h1-4,9,12-13H,6H2. The molecule has 0 aromatic heterocycles. The van der Waals surface area contributed by atoms with Gasteiger partial charge in [0.15, 0.2) is 0 Å². The highest BCUT2D eigenvalue weighted by molar-refractivity contribution is 6.30. The van der Waals surface area contributed by atoms with E-state index in [1.165, 1.54) is 0 Å². The van der Waals surface area contributed by atoms with Gasteiger partial charge < -0.3 is 10.4 Å². The molecule has 0 bridgehead atoms. The molecule has 0 heterocycles. The van der Waals surface area contributed by atoms with Crippen molar-refractivity contribution in [2.45, 2.75) is 6.04 Å². The molecule has 1 unspecified atom stereocenters. The summed E-state index contributed by atoms with van der Waals surface area (Å²) in [5.74, 6) is 0. The van der Waals surface area contributed by atoms with Gasteiger partial charge in [-0.3, -0.25) is 0 Å². The molecule has 1 aromatic carbocycles. The molecule has 0 saturated carbocycles. The van der Waals surface area contributed by atoms with Crippen LogP contribution in [0.1, 0.15) is 0 Å². The van der Waals surface area contributed by atoms with Crippen LogP contribution in [0, 0.1) is 11.3 Å². The fourth-order valence-electron chi connectivity index (χ4n) is 0.866. The van der Waals surface area contributed by atoms with E-state index in [1.54, 1.807) is 24.3 Å². The predicted molar refractivity (Wildman–Crippen MR) is 51.6 cm³/mol. The molecule has 0 aliphatic heterocycles. The van der Waals surface area contributed by atoms with E-state index < -0.39 is 6.04 Å². The number of halogens is 1. The van der Waals surface area contributed by atoms with Gasteiger partial charge in [0, 0.05) is 10.7 Å². The summed E-state index contributed by atoms with van der Waals surface area (Å²) in [7, 11) is 0. The molecule has 0 spiro atoms.